The van der Waals surface area contributed by atoms with Crippen molar-refractivity contribution in [3.8, 4) is 11.5 Å². The van der Waals surface area contributed by atoms with Crippen LogP contribution in [-0.2, 0) is 6.54 Å². The number of benzene rings is 3. The molecule has 3 saturated heterocycles. The molecule has 5 atom stereocenters. The fourth-order valence-electron chi connectivity index (χ4n) is 6.58. The largest absolute Gasteiger partial charge is 0.497 e. The van der Waals surface area contributed by atoms with E-state index in [1.807, 2.05) is 12.1 Å². The van der Waals surface area contributed by atoms with Crippen LogP contribution in [0, 0.1) is 11.8 Å². The van der Waals surface area contributed by atoms with Gasteiger partial charge < -0.3 is 20.1 Å². The smallest absolute Gasteiger partial charge is 0.123 e. The highest BCUT2D eigenvalue weighted by atomic mass is 16.5. The van der Waals surface area contributed by atoms with Crippen molar-refractivity contribution in [3.63, 3.8) is 0 Å². The zero-order valence-corrected chi connectivity index (χ0v) is 24.4. The number of ether oxygens (including phenoxy) is 2. The van der Waals surface area contributed by atoms with Gasteiger partial charge in [0.15, 0.2) is 0 Å². The van der Waals surface area contributed by atoms with Gasteiger partial charge in [-0.25, -0.2) is 0 Å². The molecule has 6 rings (SSSR count). The standard InChI is InChI=1S/C30H36N2O2.C4H11N/c1-21-20-32-17-16-26(21)29(31-19-24-18-25(33-2)14-15-27(24)34-3)30(32)28(22-10-6-4-7-11-22)23-12-8-5-9-13-23;1-3-5-4-2/h4-15,18,21,26,28-31H,16-17,19-20H2,1-3H3;5H,3-4H2,1-2H3/t21-,26+,29-,30-;/m1./s1. The number of hydrogen-bond donors (Lipinski definition) is 2. The van der Waals surface area contributed by atoms with Gasteiger partial charge in [-0.1, -0.05) is 81.4 Å². The molecular formula is C34H47N3O2. The van der Waals surface area contributed by atoms with E-state index >= 15 is 0 Å². The predicted molar refractivity (Wildman–Crippen MR) is 162 cm³/mol. The number of methoxy groups -OCH3 is 2. The van der Waals surface area contributed by atoms with Crippen molar-refractivity contribution >= 4 is 0 Å². The van der Waals surface area contributed by atoms with Crippen LogP contribution in [0.4, 0.5) is 0 Å². The highest BCUT2D eigenvalue weighted by molar-refractivity contribution is 5.41. The summed E-state index contributed by atoms with van der Waals surface area (Å²) in [4.78, 5) is 2.75. The summed E-state index contributed by atoms with van der Waals surface area (Å²) < 4.78 is 11.2. The van der Waals surface area contributed by atoms with E-state index in [2.05, 4.69) is 103 Å². The van der Waals surface area contributed by atoms with Crippen LogP contribution >= 0.6 is 0 Å². The van der Waals surface area contributed by atoms with Crippen molar-refractivity contribution < 1.29 is 9.47 Å². The number of hydrogen-bond acceptors (Lipinski definition) is 5. The Balaban J connectivity index is 0.000000648. The lowest BCUT2D eigenvalue weighted by molar-refractivity contribution is -0.0311. The predicted octanol–water partition coefficient (Wildman–Crippen LogP) is 5.95. The van der Waals surface area contributed by atoms with Gasteiger partial charge in [0, 0.05) is 36.7 Å². The van der Waals surface area contributed by atoms with Crippen molar-refractivity contribution in [1.29, 1.82) is 0 Å². The molecule has 0 spiro atoms. The first-order valence-electron chi connectivity index (χ1n) is 14.6. The maximum absolute atomic E-state index is 5.67. The molecule has 3 heterocycles. The quantitative estimate of drug-likeness (QED) is 0.340. The van der Waals surface area contributed by atoms with Crippen LogP contribution in [0.5, 0.6) is 11.5 Å². The minimum atomic E-state index is 0.322. The van der Waals surface area contributed by atoms with Gasteiger partial charge in [-0.2, -0.15) is 0 Å². The lowest BCUT2D eigenvalue weighted by Crippen LogP contribution is -2.67. The summed E-state index contributed by atoms with van der Waals surface area (Å²) in [5.74, 6) is 3.43. The molecule has 5 heteroatoms. The van der Waals surface area contributed by atoms with Crippen molar-refractivity contribution in [2.75, 3.05) is 40.4 Å². The third-order valence-electron chi connectivity index (χ3n) is 8.43. The Kier molecular flexibility index (Phi) is 10.8. The molecule has 1 unspecified atom stereocenters. The summed E-state index contributed by atoms with van der Waals surface area (Å²) >= 11 is 0. The van der Waals surface area contributed by atoms with E-state index in [1.165, 1.54) is 30.6 Å². The molecule has 210 valence electrons. The second kappa shape index (κ2) is 14.5. The normalized spacial score (nSPS) is 23.7. The molecule has 3 aromatic rings. The molecule has 0 saturated carbocycles. The van der Waals surface area contributed by atoms with Crippen LogP contribution in [-0.4, -0.2) is 57.4 Å². The van der Waals surface area contributed by atoms with Gasteiger partial charge in [0.2, 0.25) is 0 Å². The molecule has 2 bridgehead atoms. The molecule has 2 N–H and O–H groups in total. The van der Waals surface area contributed by atoms with Gasteiger partial charge in [-0.3, -0.25) is 4.90 Å². The van der Waals surface area contributed by atoms with E-state index in [4.69, 9.17) is 9.47 Å². The average Bonchev–Trinajstić information content (AvgIpc) is 2.98. The summed E-state index contributed by atoms with van der Waals surface area (Å²) in [6.07, 6.45) is 1.25. The number of fused-ring (bicyclic) bond motifs is 3. The Bertz CT molecular complexity index is 1080. The maximum Gasteiger partial charge on any atom is 0.123 e. The molecule has 0 aliphatic carbocycles. The van der Waals surface area contributed by atoms with Gasteiger partial charge in [0.25, 0.3) is 0 Å². The fraction of sp³-hybridized carbons (Fsp3) is 0.471. The summed E-state index contributed by atoms with van der Waals surface area (Å²) in [7, 11) is 3.46. The summed E-state index contributed by atoms with van der Waals surface area (Å²) in [5, 5.41) is 7.13. The molecule has 3 fully saturated rings. The van der Waals surface area contributed by atoms with Crippen LogP contribution in [0.25, 0.3) is 0 Å². The van der Waals surface area contributed by atoms with Crippen molar-refractivity contribution in [2.45, 2.75) is 51.7 Å². The number of rotatable bonds is 10. The van der Waals surface area contributed by atoms with Crippen LogP contribution < -0.4 is 20.1 Å². The molecule has 0 radical (unpaired) electrons. The van der Waals surface area contributed by atoms with Crippen LogP contribution in [0.1, 0.15) is 49.8 Å². The molecule has 3 aromatic carbocycles. The first-order valence-corrected chi connectivity index (χ1v) is 14.6. The molecule has 0 amide bonds. The number of nitrogens with one attached hydrogen (secondary N) is 2. The van der Waals surface area contributed by atoms with E-state index in [1.54, 1.807) is 14.2 Å². The molecular weight excluding hydrogens is 482 g/mol. The van der Waals surface area contributed by atoms with Crippen molar-refractivity contribution in [3.05, 3.63) is 95.6 Å². The van der Waals surface area contributed by atoms with Gasteiger partial charge >= 0.3 is 0 Å². The third kappa shape index (κ3) is 7.02. The van der Waals surface area contributed by atoms with Crippen molar-refractivity contribution in [2.24, 2.45) is 11.8 Å². The first-order chi connectivity index (χ1) is 19.1. The minimum Gasteiger partial charge on any atom is -0.497 e. The van der Waals surface area contributed by atoms with Gasteiger partial charge in [-0.05, 0) is 67.2 Å². The number of nitrogens with zero attached hydrogens (tertiary/aromatic N) is 1. The Labute approximate surface area is 235 Å². The molecule has 3 aliphatic rings. The summed E-state index contributed by atoms with van der Waals surface area (Å²) in [5.41, 5.74) is 3.93. The van der Waals surface area contributed by atoms with E-state index in [9.17, 15) is 0 Å². The Morgan fingerprint density at radius 2 is 1.51 bits per heavy atom. The van der Waals surface area contributed by atoms with Crippen LogP contribution in [0.15, 0.2) is 78.9 Å². The zero-order chi connectivity index (χ0) is 27.6. The second-order valence-electron chi connectivity index (χ2n) is 10.8. The Hall–Kier alpha value is -2.86. The molecule has 39 heavy (non-hydrogen) atoms. The zero-order valence-electron chi connectivity index (χ0n) is 24.4. The summed E-state index contributed by atoms with van der Waals surface area (Å²) in [6, 6.07) is 29.0. The Morgan fingerprint density at radius 1 is 0.872 bits per heavy atom. The maximum atomic E-state index is 5.67. The Morgan fingerprint density at radius 3 is 2.03 bits per heavy atom. The van der Waals surface area contributed by atoms with Crippen LogP contribution in [0.2, 0.25) is 0 Å². The fourth-order valence-corrected chi connectivity index (χ4v) is 6.58. The van der Waals surface area contributed by atoms with Gasteiger partial charge in [0.1, 0.15) is 11.5 Å². The number of piperidine rings is 3. The second-order valence-corrected chi connectivity index (χ2v) is 10.8. The highest BCUT2D eigenvalue weighted by Gasteiger charge is 2.49. The van der Waals surface area contributed by atoms with E-state index in [0.29, 0.717) is 29.8 Å². The lowest BCUT2D eigenvalue weighted by atomic mass is 9.67. The monoisotopic (exact) mass is 529 g/mol. The van der Waals surface area contributed by atoms with E-state index < -0.39 is 0 Å². The molecule has 0 aromatic heterocycles. The molecule has 3 aliphatic heterocycles. The highest BCUT2D eigenvalue weighted by Crippen LogP contribution is 2.44. The van der Waals surface area contributed by atoms with Gasteiger partial charge in [0.05, 0.1) is 14.2 Å². The first kappa shape index (κ1) is 29.1. The topological polar surface area (TPSA) is 45.8 Å². The molecule has 5 nitrogen and oxygen atoms in total. The van der Waals surface area contributed by atoms with E-state index in [-0.39, 0.29) is 0 Å². The lowest BCUT2D eigenvalue weighted by Gasteiger charge is -2.56. The van der Waals surface area contributed by atoms with Crippen LogP contribution in [0.3, 0.4) is 0 Å². The van der Waals surface area contributed by atoms with E-state index in [0.717, 1.165) is 36.7 Å². The SMILES string of the molecule is CCNCC.COc1ccc(OC)c(CN[C@@H]2[C@H]3CCN(C[C@H]3C)[C@@H]2C(c2ccccc2)c2ccccc2)c1. The average molecular weight is 530 g/mol. The van der Waals surface area contributed by atoms with Gasteiger partial charge in [-0.15, -0.1) is 0 Å². The third-order valence-corrected chi connectivity index (χ3v) is 8.43. The van der Waals surface area contributed by atoms with Crippen molar-refractivity contribution in [1.82, 2.24) is 15.5 Å². The minimum absolute atomic E-state index is 0.322. The summed E-state index contributed by atoms with van der Waals surface area (Å²) in [6.45, 7) is 11.9.